The minimum Gasteiger partial charge on any atom is -0.480 e. The average Bonchev–Trinajstić information content (AvgIpc) is 2.61. The number of rotatable bonds is 5. The SMILES string of the molecule is CC(C(=O)c1ccn(C)c1)N(C)CC(=O)O. The molecule has 0 saturated heterocycles. The minimum atomic E-state index is -0.935. The number of hydrogen-bond acceptors (Lipinski definition) is 3. The Morgan fingerprint density at radius 2 is 2.19 bits per heavy atom. The number of aliphatic carboxylic acids is 1. The van der Waals surface area contributed by atoms with Crippen molar-refractivity contribution < 1.29 is 14.7 Å². The number of nitrogens with zero attached hydrogens (tertiary/aromatic N) is 2. The highest BCUT2D eigenvalue weighted by molar-refractivity contribution is 5.99. The van der Waals surface area contributed by atoms with Crippen molar-refractivity contribution in [1.29, 1.82) is 0 Å². The molecule has 0 fully saturated rings. The maximum atomic E-state index is 11.9. The highest BCUT2D eigenvalue weighted by atomic mass is 16.4. The van der Waals surface area contributed by atoms with Crippen molar-refractivity contribution in [1.82, 2.24) is 9.47 Å². The van der Waals surface area contributed by atoms with Gasteiger partial charge in [0.2, 0.25) is 0 Å². The zero-order valence-corrected chi connectivity index (χ0v) is 9.67. The van der Waals surface area contributed by atoms with Crippen molar-refractivity contribution in [3.05, 3.63) is 24.0 Å². The molecule has 0 aliphatic rings. The maximum absolute atomic E-state index is 11.9. The molecule has 5 heteroatoms. The molecule has 1 rings (SSSR count). The highest BCUT2D eigenvalue weighted by Crippen LogP contribution is 2.08. The minimum absolute atomic E-state index is 0.0654. The summed E-state index contributed by atoms with van der Waals surface area (Å²) in [4.78, 5) is 24.0. The molecule has 0 aliphatic heterocycles. The van der Waals surface area contributed by atoms with Gasteiger partial charge < -0.3 is 9.67 Å². The molecule has 1 atom stereocenters. The number of aromatic nitrogens is 1. The molecule has 16 heavy (non-hydrogen) atoms. The number of hydrogen-bond donors (Lipinski definition) is 1. The van der Waals surface area contributed by atoms with E-state index in [1.54, 1.807) is 37.0 Å². The van der Waals surface area contributed by atoms with E-state index in [-0.39, 0.29) is 12.3 Å². The fourth-order valence-electron chi connectivity index (χ4n) is 1.44. The van der Waals surface area contributed by atoms with Gasteiger partial charge in [-0.05, 0) is 20.0 Å². The molecular formula is C11H16N2O3. The second-order valence-electron chi connectivity index (χ2n) is 3.91. The largest absolute Gasteiger partial charge is 0.480 e. The highest BCUT2D eigenvalue weighted by Gasteiger charge is 2.21. The topological polar surface area (TPSA) is 62.5 Å². The van der Waals surface area contributed by atoms with Gasteiger partial charge in [-0.25, -0.2) is 0 Å². The molecule has 88 valence electrons. The lowest BCUT2D eigenvalue weighted by atomic mass is 10.1. The van der Waals surface area contributed by atoms with Crippen molar-refractivity contribution >= 4 is 11.8 Å². The molecule has 1 aromatic rings. The summed E-state index contributed by atoms with van der Waals surface area (Å²) in [6.45, 7) is 1.57. The van der Waals surface area contributed by atoms with Crippen LogP contribution < -0.4 is 0 Å². The number of carbonyl (C=O) groups is 2. The molecule has 0 radical (unpaired) electrons. The molecule has 0 spiro atoms. The van der Waals surface area contributed by atoms with Gasteiger partial charge in [-0.1, -0.05) is 0 Å². The van der Waals surface area contributed by atoms with E-state index in [1.165, 1.54) is 4.90 Å². The first-order chi connectivity index (χ1) is 7.41. The number of Topliss-reactive ketones (excluding diaryl/α,β-unsaturated/α-hetero) is 1. The fraction of sp³-hybridized carbons (Fsp3) is 0.455. The molecule has 0 saturated carbocycles. The predicted molar refractivity (Wildman–Crippen MR) is 59.5 cm³/mol. The Morgan fingerprint density at radius 1 is 1.56 bits per heavy atom. The Hall–Kier alpha value is -1.62. The Kier molecular flexibility index (Phi) is 3.84. The predicted octanol–water partition coefficient (Wildman–Crippen LogP) is 0.613. The van der Waals surface area contributed by atoms with E-state index >= 15 is 0 Å². The summed E-state index contributed by atoms with van der Waals surface area (Å²) in [6, 6.07) is 1.30. The third-order valence-electron chi connectivity index (χ3n) is 2.54. The van der Waals surface area contributed by atoms with Gasteiger partial charge >= 0.3 is 5.97 Å². The Labute approximate surface area is 94.3 Å². The quantitative estimate of drug-likeness (QED) is 0.744. The van der Waals surface area contributed by atoms with Crippen LogP contribution in [0.25, 0.3) is 0 Å². The molecule has 1 N–H and O–H groups in total. The number of likely N-dealkylation sites (N-methyl/N-ethyl adjacent to an activating group) is 1. The second-order valence-corrected chi connectivity index (χ2v) is 3.91. The van der Waals surface area contributed by atoms with Gasteiger partial charge in [0.05, 0.1) is 12.6 Å². The molecule has 1 heterocycles. The van der Waals surface area contributed by atoms with Crippen LogP contribution in [0.2, 0.25) is 0 Å². The van der Waals surface area contributed by atoms with Gasteiger partial charge in [0.1, 0.15) is 0 Å². The van der Waals surface area contributed by atoms with Gasteiger partial charge in [-0.3, -0.25) is 14.5 Å². The van der Waals surface area contributed by atoms with Gasteiger partial charge in [0, 0.05) is 25.0 Å². The summed E-state index contributed by atoms with van der Waals surface area (Å²) in [6.07, 6.45) is 3.52. The molecule has 1 aromatic heterocycles. The first-order valence-corrected chi connectivity index (χ1v) is 5.00. The van der Waals surface area contributed by atoms with Crippen LogP contribution in [0.1, 0.15) is 17.3 Å². The van der Waals surface area contributed by atoms with Crippen LogP contribution in [0.3, 0.4) is 0 Å². The molecule has 0 aromatic carbocycles. The number of carbonyl (C=O) groups excluding carboxylic acids is 1. The van der Waals surface area contributed by atoms with Crippen molar-refractivity contribution in [2.75, 3.05) is 13.6 Å². The summed E-state index contributed by atoms with van der Waals surface area (Å²) < 4.78 is 1.79. The molecule has 0 bridgehead atoms. The van der Waals surface area contributed by atoms with Crippen LogP contribution in [0.4, 0.5) is 0 Å². The van der Waals surface area contributed by atoms with Crippen LogP contribution in [0.15, 0.2) is 18.5 Å². The zero-order chi connectivity index (χ0) is 12.3. The van der Waals surface area contributed by atoms with E-state index in [1.807, 2.05) is 7.05 Å². The standard InChI is InChI=1S/C11H16N2O3/c1-8(13(3)7-10(14)15)11(16)9-4-5-12(2)6-9/h4-6,8H,7H2,1-3H3,(H,14,15). The van der Waals surface area contributed by atoms with Crippen LogP contribution in [0, 0.1) is 0 Å². The number of ketones is 1. The van der Waals surface area contributed by atoms with E-state index in [4.69, 9.17) is 5.11 Å². The van der Waals surface area contributed by atoms with Crippen LogP contribution in [-0.2, 0) is 11.8 Å². The van der Waals surface area contributed by atoms with Crippen molar-refractivity contribution in [2.45, 2.75) is 13.0 Å². The summed E-state index contributed by atoms with van der Waals surface area (Å²) in [5.41, 5.74) is 0.604. The monoisotopic (exact) mass is 224 g/mol. The van der Waals surface area contributed by atoms with E-state index in [0.29, 0.717) is 5.56 Å². The van der Waals surface area contributed by atoms with Crippen LogP contribution >= 0.6 is 0 Å². The molecule has 0 aliphatic carbocycles. The fourth-order valence-corrected chi connectivity index (χ4v) is 1.44. The Bertz CT molecular complexity index is 398. The van der Waals surface area contributed by atoms with Crippen molar-refractivity contribution in [3.63, 3.8) is 0 Å². The normalized spacial score (nSPS) is 12.8. The molecule has 0 amide bonds. The summed E-state index contributed by atoms with van der Waals surface area (Å²) in [5.74, 6) is -1.00. The maximum Gasteiger partial charge on any atom is 0.317 e. The van der Waals surface area contributed by atoms with Gasteiger partial charge in [-0.2, -0.15) is 0 Å². The van der Waals surface area contributed by atoms with Crippen molar-refractivity contribution in [2.24, 2.45) is 7.05 Å². The van der Waals surface area contributed by atoms with Gasteiger partial charge in [0.15, 0.2) is 5.78 Å². The van der Waals surface area contributed by atoms with Gasteiger partial charge in [-0.15, -0.1) is 0 Å². The smallest absolute Gasteiger partial charge is 0.317 e. The Balaban J connectivity index is 2.70. The number of carboxylic acid groups (broad SMARTS) is 1. The lowest BCUT2D eigenvalue weighted by Gasteiger charge is -2.20. The summed E-state index contributed by atoms with van der Waals surface area (Å²) in [7, 11) is 3.46. The van der Waals surface area contributed by atoms with E-state index in [0.717, 1.165) is 0 Å². The zero-order valence-electron chi connectivity index (χ0n) is 9.67. The number of carboxylic acids is 1. The van der Waals surface area contributed by atoms with Crippen molar-refractivity contribution in [3.8, 4) is 0 Å². The van der Waals surface area contributed by atoms with E-state index in [9.17, 15) is 9.59 Å². The average molecular weight is 224 g/mol. The van der Waals surface area contributed by atoms with Crippen LogP contribution in [-0.4, -0.2) is 46.0 Å². The van der Waals surface area contributed by atoms with E-state index in [2.05, 4.69) is 0 Å². The first kappa shape index (κ1) is 12.4. The molecule has 5 nitrogen and oxygen atoms in total. The summed E-state index contributed by atoms with van der Waals surface area (Å²) in [5, 5.41) is 8.63. The first-order valence-electron chi connectivity index (χ1n) is 5.00. The third-order valence-corrected chi connectivity index (χ3v) is 2.54. The van der Waals surface area contributed by atoms with Gasteiger partial charge in [0.25, 0.3) is 0 Å². The van der Waals surface area contributed by atoms with E-state index < -0.39 is 12.0 Å². The molecule has 1 unspecified atom stereocenters. The Morgan fingerprint density at radius 3 is 2.62 bits per heavy atom. The lowest BCUT2D eigenvalue weighted by molar-refractivity contribution is -0.138. The second kappa shape index (κ2) is 4.94. The lowest BCUT2D eigenvalue weighted by Crippen LogP contribution is -2.39. The van der Waals surface area contributed by atoms with Crippen LogP contribution in [0.5, 0.6) is 0 Å². The molecular weight excluding hydrogens is 208 g/mol. The third kappa shape index (κ3) is 2.93. The summed E-state index contributed by atoms with van der Waals surface area (Å²) >= 11 is 0. The number of aryl methyl sites for hydroxylation is 1.